The largest absolute Gasteiger partial charge is 0.494 e. The van der Waals surface area contributed by atoms with E-state index in [0.717, 1.165) is 63.7 Å². The van der Waals surface area contributed by atoms with Crippen molar-refractivity contribution in [1.29, 1.82) is 0 Å². The second kappa shape index (κ2) is 14.6. The standard InChI is InChI=1S/C35H35NO12S3/c1-10-48-18-12-13-20-19(16-18)23-28(34(2,3)36(20)29(37)17-11-14-21(42-4)22(15-17)43-5)49-25(31(39)45-7)24(30(38)44-6)35(23)50-26(32(40)46-8)27(51-35)33(41)47-9/h11-16H,10H2,1-9H3. The molecule has 51 heavy (non-hydrogen) atoms. The summed E-state index contributed by atoms with van der Waals surface area (Å²) in [6.45, 7) is 5.71. The number of carbonyl (C=O) groups excluding carboxylic acids is 5. The van der Waals surface area contributed by atoms with Gasteiger partial charge in [-0.05, 0) is 57.2 Å². The van der Waals surface area contributed by atoms with Gasteiger partial charge in [-0.3, -0.25) is 9.69 Å². The average molecular weight is 758 g/mol. The first-order chi connectivity index (χ1) is 24.3. The van der Waals surface area contributed by atoms with E-state index >= 15 is 0 Å². The third kappa shape index (κ3) is 6.12. The zero-order chi connectivity index (χ0) is 37.4. The maximum atomic E-state index is 14.7. The molecule has 2 aromatic carbocycles. The van der Waals surface area contributed by atoms with Gasteiger partial charge in [0.15, 0.2) is 11.5 Å². The summed E-state index contributed by atoms with van der Waals surface area (Å²) in [6.07, 6.45) is 0. The number of thioether (sulfide) groups is 3. The van der Waals surface area contributed by atoms with E-state index < -0.39 is 39.4 Å². The van der Waals surface area contributed by atoms with Crippen LogP contribution < -0.4 is 19.1 Å². The third-order valence-electron chi connectivity index (χ3n) is 8.25. The summed E-state index contributed by atoms with van der Waals surface area (Å²) in [5.41, 5.74) is 0.107. The number of hydrogen-bond donors (Lipinski definition) is 0. The van der Waals surface area contributed by atoms with Crippen LogP contribution in [0.2, 0.25) is 0 Å². The highest BCUT2D eigenvalue weighted by Crippen LogP contribution is 2.71. The minimum Gasteiger partial charge on any atom is -0.494 e. The van der Waals surface area contributed by atoms with E-state index in [1.165, 1.54) is 14.2 Å². The molecule has 1 amide bonds. The van der Waals surface area contributed by atoms with Crippen LogP contribution in [0.15, 0.2) is 61.6 Å². The van der Waals surface area contributed by atoms with Crippen molar-refractivity contribution in [3.05, 3.63) is 72.7 Å². The molecule has 3 aliphatic rings. The number of carbonyl (C=O) groups is 5. The van der Waals surface area contributed by atoms with Crippen LogP contribution in [0.5, 0.6) is 17.2 Å². The number of nitrogens with zero attached hydrogens (tertiary/aromatic N) is 1. The molecule has 0 saturated carbocycles. The first-order valence-electron chi connectivity index (χ1n) is 15.3. The second-order valence-electron chi connectivity index (χ2n) is 11.3. The molecule has 270 valence electrons. The van der Waals surface area contributed by atoms with Crippen LogP contribution in [0.1, 0.15) is 36.7 Å². The van der Waals surface area contributed by atoms with Gasteiger partial charge in [-0.1, -0.05) is 35.3 Å². The summed E-state index contributed by atoms with van der Waals surface area (Å²) in [6, 6.07) is 9.95. The molecule has 0 aliphatic carbocycles. The molecule has 3 heterocycles. The number of hydrogen-bond acceptors (Lipinski definition) is 15. The van der Waals surface area contributed by atoms with Gasteiger partial charge in [0, 0.05) is 21.6 Å². The summed E-state index contributed by atoms with van der Waals surface area (Å²) in [4.78, 5) is 70.5. The number of esters is 4. The predicted octanol–water partition coefficient (Wildman–Crippen LogP) is 5.33. The van der Waals surface area contributed by atoms with Gasteiger partial charge in [-0.2, -0.15) is 0 Å². The van der Waals surface area contributed by atoms with Crippen LogP contribution in [-0.4, -0.2) is 88.7 Å². The average Bonchev–Trinajstić information content (AvgIpc) is 3.53. The molecule has 0 bridgehead atoms. The van der Waals surface area contributed by atoms with Crippen molar-refractivity contribution >= 4 is 76.3 Å². The van der Waals surface area contributed by atoms with Crippen molar-refractivity contribution in [1.82, 2.24) is 0 Å². The van der Waals surface area contributed by atoms with Crippen LogP contribution in [-0.2, 0) is 38.1 Å². The van der Waals surface area contributed by atoms with E-state index in [9.17, 15) is 24.0 Å². The van der Waals surface area contributed by atoms with Crippen molar-refractivity contribution in [3.8, 4) is 17.2 Å². The molecule has 3 aliphatic heterocycles. The Morgan fingerprint density at radius 1 is 0.706 bits per heavy atom. The van der Waals surface area contributed by atoms with Gasteiger partial charge in [-0.25, -0.2) is 19.2 Å². The highest BCUT2D eigenvalue weighted by Gasteiger charge is 2.62. The highest BCUT2D eigenvalue weighted by molar-refractivity contribution is 8.26. The van der Waals surface area contributed by atoms with E-state index in [0.29, 0.717) is 45.6 Å². The maximum Gasteiger partial charge on any atom is 0.345 e. The molecule has 5 rings (SSSR count). The van der Waals surface area contributed by atoms with E-state index in [1.54, 1.807) is 55.1 Å². The number of amides is 1. The molecule has 0 radical (unpaired) electrons. The number of methoxy groups -OCH3 is 6. The first kappa shape index (κ1) is 37.7. The smallest absolute Gasteiger partial charge is 0.345 e. The predicted molar refractivity (Wildman–Crippen MR) is 193 cm³/mol. The van der Waals surface area contributed by atoms with E-state index in [4.69, 9.17) is 33.2 Å². The SMILES string of the molecule is CCOc1ccc2c(c1)C1=C(SC(C(=O)OC)=C(C(=O)OC)C13SC(C(=O)OC)=C(C(=O)OC)S3)C(C)(C)N2C(=O)c1ccc(OC)c(OC)c1. The number of anilines is 1. The molecule has 0 unspecified atom stereocenters. The minimum atomic E-state index is -1.74. The fourth-order valence-corrected chi connectivity index (χ4v) is 11.1. The van der Waals surface area contributed by atoms with Crippen molar-refractivity contribution in [2.75, 3.05) is 54.2 Å². The Bertz CT molecular complexity index is 1920. The third-order valence-corrected chi connectivity index (χ3v) is 12.9. The molecule has 0 atom stereocenters. The lowest BCUT2D eigenvalue weighted by atomic mass is 9.83. The Kier molecular flexibility index (Phi) is 10.8. The van der Waals surface area contributed by atoms with Gasteiger partial charge in [0.1, 0.15) is 24.5 Å². The zero-order valence-corrected chi connectivity index (χ0v) is 31.7. The molecule has 16 heteroatoms. The number of benzene rings is 2. The molecule has 0 fully saturated rings. The van der Waals surface area contributed by atoms with Crippen LogP contribution >= 0.6 is 35.3 Å². The zero-order valence-electron chi connectivity index (χ0n) is 29.2. The normalized spacial score (nSPS) is 17.0. The Morgan fingerprint density at radius 3 is 1.80 bits per heavy atom. The topological polar surface area (TPSA) is 153 Å². The van der Waals surface area contributed by atoms with Gasteiger partial charge >= 0.3 is 23.9 Å². The summed E-state index contributed by atoms with van der Waals surface area (Å²) in [5.74, 6) is -2.73. The quantitative estimate of drug-likeness (QED) is 0.239. The number of rotatable bonds is 9. The Morgan fingerprint density at radius 2 is 1.27 bits per heavy atom. The lowest BCUT2D eigenvalue weighted by Gasteiger charge is -2.50. The van der Waals surface area contributed by atoms with Gasteiger partial charge in [0.05, 0.1) is 66.1 Å². The lowest BCUT2D eigenvalue weighted by molar-refractivity contribution is -0.138. The summed E-state index contributed by atoms with van der Waals surface area (Å²) in [7, 11) is 7.59. The molecule has 0 aromatic heterocycles. The molecule has 0 N–H and O–H groups in total. The lowest BCUT2D eigenvalue weighted by Crippen LogP contribution is -2.53. The number of fused-ring (bicyclic) bond motifs is 3. The fourth-order valence-electron chi connectivity index (χ4n) is 6.01. The molecule has 1 spiro atoms. The van der Waals surface area contributed by atoms with E-state index in [1.807, 2.05) is 6.92 Å². The summed E-state index contributed by atoms with van der Waals surface area (Å²) < 4.78 is 35.6. The monoisotopic (exact) mass is 757 g/mol. The van der Waals surface area contributed by atoms with Crippen molar-refractivity contribution in [2.45, 2.75) is 30.4 Å². The van der Waals surface area contributed by atoms with Gasteiger partial charge in [0.25, 0.3) is 5.91 Å². The highest BCUT2D eigenvalue weighted by atomic mass is 32.2. The fraction of sp³-hybridized carbons (Fsp3) is 0.343. The van der Waals surface area contributed by atoms with E-state index in [-0.39, 0.29) is 25.9 Å². The molecule has 2 aromatic rings. The molecule has 0 saturated heterocycles. The second-order valence-corrected chi connectivity index (χ2v) is 15.1. The van der Waals surface area contributed by atoms with Crippen LogP contribution in [0.25, 0.3) is 5.57 Å². The Hall–Kier alpha value is -4.54. The molecular formula is C35H35NO12S3. The van der Waals surface area contributed by atoms with Crippen molar-refractivity contribution < 1.29 is 57.1 Å². The number of ether oxygens (including phenoxy) is 7. The first-order valence-corrected chi connectivity index (χ1v) is 17.7. The summed E-state index contributed by atoms with van der Waals surface area (Å²) in [5, 5.41) is 0. The van der Waals surface area contributed by atoms with Crippen LogP contribution in [0.3, 0.4) is 0 Å². The Labute approximate surface area is 307 Å². The van der Waals surface area contributed by atoms with Gasteiger partial charge in [0.2, 0.25) is 0 Å². The Balaban J connectivity index is 1.89. The maximum absolute atomic E-state index is 14.7. The molecular weight excluding hydrogens is 723 g/mol. The van der Waals surface area contributed by atoms with E-state index in [2.05, 4.69) is 0 Å². The molecule has 13 nitrogen and oxygen atoms in total. The summed E-state index contributed by atoms with van der Waals surface area (Å²) >= 11 is 2.62. The van der Waals surface area contributed by atoms with Crippen LogP contribution in [0, 0.1) is 0 Å². The minimum absolute atomic E-state index is 0.150. The van der Waals surface area contributed by atoms with Crippen LogP contribution in [0.4, 0.5) is 5.69 Å². The van der Waals surface area contributed by atoms with Gasteiger partial charge in [-0.15, -0.1) is 0 Å². The van der Waals surface area contributed by atoms with Crippen molar-refractivity contribution in [3.63, 3.8) is 0 Å². The van der Waals surface area contributed by atoms with Gasteiger partial charge < -0.3 is 33.2 Å². The van der Waals surface area contributed by atoms with Crippen molar-refractivity contribution in [2.24, 2.45) is 0 Å².